The molecule has 0 saturated heterocycles. The van der Waals surface area contributed by atoms with Crippen LogP contribution in [0, 0.1) is 0 Å². The Balaban J connectivity index is 2.91. The van der Waals surface area contributed by atoms with Crippen molar-refractivity contribution < 1.29 is 15.0 Å². The zero-order chi connectivity index (χ0) is 13.1. The number of aromatic carboxylic acids is 1. The number of hydrogen-bond donors (Lipinski definition) is 3. The van der Waals surface area contributed by atoms with Crippen molar-refractivity contribution >= 4 is 11.8 Å². The SMILES string of the molecule is CCc1cc(C(=O)O)cc(NCC(C)(C)O)n1. The van der Waals surface area contributed by atoms with E-state index in [9.17, 15) is 9.90 Å². The van der Waals surface area contributed by atoms with Crippen molar-refractivity contribution in [2.75, 3.05) is 11.9 Å². The quantitative estimate of drug-likeness (QED) is 0.724. The average molecular weight is 238 g/mol. The normalized spacial score (nSPS) is 11.3. The molecule has 0 atom stereocenters. The van der Waals surface area contributed by atoms with E-state index in [1.54, 1.807) is 19.9 Å². The van der Waals surface area contributed by atoms with Crippen molar-refractivity contribution in [3.63, 3.8) is 0 Å². The summed E-state index contributed by atoms with van der Waals surface area (Å²) in [6, 6.07) is 3.02. The molecule has 1 rings (SSSR count). The van der Waals surface area contributed by atoms with Crippen LogP contribution in [0.1, 0.15) is 36.8 Å². The fourth-order valence-electron chi connectivity index (χ4n) is 1.29. The number of nitrogens with zero attached hydrogens (tertiary/aromatic N) is 1. The molecule has 5 nitrogen and oxygen atoms in total. The number of rotatable bonds is 5. The largest absolute Gasteiger partial charge is 0.478 e. The fourth-order valence-corrected chi connectivity index (χ4v) is 1.29. The van der Waals surface area contributed by atoms with Gasteiger partial charge in [0.25, 0.3) is 0 Å². The highest BCUT2D eigenvalue weighted by Crippen LogP contribution is 2.12. The molecule has 0 saturated carbocycles. The molecule has 3 N–H and O–H groups in total. The van der Waals surface area contributed by atoms with Gasteiger partial charge in [0.2, 0.25) is 0 Å². The first kappa shape index (κ1) is 13.4. The monoisotopic (exact) mass is 238 g/mol. The summed E-state index contributed by atoms with van der Waals surface area (Å²) in [6.07, 6.45) is 0.665. The first-order valence-corrected chi connectivity index (χ1v) is 5.52. The van der Waals surface area contributed by atoms with Crippen LogP contribution in [0.25, 0.3) is 0 Å². The molecular formula is C12H18N2O3. The maximum Gasteiger partial charge on any atom is 0.335 e. The van der Waals surface area contributed by atoms with E-state index >= 15 is 0 Å². The Labute approximate surface area is 101 Å². The minimum Gasteiger partial charge on any atom is -0.478 e. The highest BCUT2D eigenvalue weighted by Gasteiger charge is 2.13. The van der Waals surface area contributed by atoms with Gasteiger partial charge in [0.15, 0.2) is 0 Å². The second-order valence-corrected chi connectivity index (χ2v) is 4.56. The Bertz CT molecular complexity index is 411. The maximum atomic E-state index is 10.9. The van der Waals surface area contributed by atoms with Crippen LogP contribution in [0.15, 0.2) is 12.1 Å². The summed E-state index contributed by atoms with van der Waals surface area (Å²) in [4.78, 5) is 15.2. The summed E-state index contributed by atoms with van der Waals surface area (Å²) in [5.41, 5.74) is 0.0473. The molecule has 0 spiro atoms. The summed E-state index contributed by atoms with van der Waals surface area (Å²) in [5, 5.41) is 21.5. The molecule has 0 unspecified atom stereocenters. The number of aryl methyl sites for hydroxylation is 1. The van der Waals surface area contributed by atoms with Crippen LogP contribution in [0.3, 0.4) is 0 Å². The summed E-state index contributed by atoms with van der Waals surface area (Å²) in [6.45, 7) is 5.56. The zero-order valence-corrected chi connectivity index (χ0v) is 10.3. The van der Waals surface area contributed by atoms with Crippen molar-refractivity contribution in [2.45, 2.75) is 32.8 Å². The van der Waals surface area contributed by atoms with Crippen molar-refractivity contribution in [1.29, 1.82) is 0 Å². The molecule has 0 aliphatic rings. The van der Waals surface area contributed by atoms with Crippen LogP contribution in [0.4, 0.5) is 5.82 Å². The predicted molar refractivity (Wildman–Crippen MR) is 65.4 cm³/mol. The van der Waals surface area contributed by atoms with Gasteiger partial charge < -0.3 is 15.5 Å². The average Bonchev–Trinajstić information content (AvgIpc) is 2.25. The van der Waals surface area contributed by atoms with Gasteiger partial charge in [-0.1, -0.05) is 6.92 Å². The molecule has 0 aromatic carbocycles. The lowest BCUT2D eigenvalue weighted by atomic mass is 10.1. The number of anilines is 1. The van der Waals surface area contributed by atoms with Gasteiger partial charge in [0, 0.05) is 12.2 Å². The Hall–Kier alpha value is -1.62. The topological polar surface area (TPSA) is 82.5 Å². The van der Waals surface area contributed by atoms with Gasteiger partial charge in [-0.15, -0.1) is 0 Å². The Morgan fingerprint density at radius 2 is 2.12 bits per heavy atom. The van der Waals surface area contributed by atoms with E-state index in [1.807, 2.05) is 6.92 Å². The molecule has 1 aromatic rings. The number of hydrogen-bond acceptors (Lipinski definition) is 4. The summed E-state index contributed by atoms with van der Waals surface area (Å²) in [7, 11) is 0. The standard InChI is InChI=1S/C12H18N2O3/c1-4-9-5-8(11(15)16)6-10(14-9)13-7-12(2,3)17/h5-6,17H,4,7H2,1-3H3,(H,13,14)(H,15,16). The van der Waals surface area contributed by atoms with Gasteiger partial charge in [0.1, 0.15) is 5.82 Å². The smallest absolute Gasteiger partial charge is 0.335 e. The number of carboxylic acids is 1. The number of aliphatic hydroxyl groups is 1. The predicted octanol–water partition coefficient (Wildman–Crippen LogP) is 1.52. The minimum absolute atomic E-state index is 0.204. The molecular weight excluding hydrogens is 220 g/mol. The van der Waals surface area contributed by atoms with E-state index in [-0.39, 0.29) is 5.56 Å². The van der Waals surface area contributed by atoms with Crippen LogP contribution in [0.2, 0.25) is 0 Å². The van der Waals surface area contributed by atoms with E-state index in [2.05, 4.69) is 10.3 Å². The van der Waals surface area contributed by atoms with Gasteiger partial charge in [0.05, 0.1) is 11.2 Å². The first-order valence-electron chi connectivity index (χ1n) is 5.52. The summed E-state index contributed by atoms with van der Waals surface area (Å²) in [5.74, 6) is -0.503. The van der Waals surface area contributed by atoms with Crippen LogP contribution in [0.5, 0.6) is 0 Å². The second-order valence-electron chi connectivity index (χ2n) is 4.56. The number of carbonyl (C=O) groups is 1. The molecule has 1 heterocycles. The van der Waals surface area contributed by atoms with Crippen molar-refractivity contribution in [3.05, 3.63) is 23.4 Å². The van der Waals surface area contributed by atoms with E-state index in [0.717, 1.165) is 0 Å². The molecule has 94 valence electrons. The Morgan fingerprint density at radius 1 is 1.47 bits per heavy atom. The van der Waals surface area contributed by atoms with Crippen LogP contribution >= 0.6 is 0 Å². The van der Waals surface area contributed by atoms with Crippen LogP contribution < -0.4 is 5.32 Å². The van der Waals surface area contributed by atoms with Crippen LogP contribution in [-0.2, 0) is 6.42 Å². The Kier molecular flexibility index (Phi) is 4.07. The molecule has 0 bridgehead atoms. The van der Waals surface area contributed by atoms with Crippen LogP contribution in [-0.4, -0.2) is 33.3 Å². The molecule has 0 aliphatic carbocycles. The number of carboxylic acid groups (broad SMARTS) is 1. The number of pyridine rings is 1. The lowest BCUT2D eigenvalue weighted by molar-refractivity contribution is 0.0696. The zero-order valence-electron chi connectivity index (χ0n) is 10.3. The van der Waals surface area contributed by atoms with Crippen molar-refractivity contribution in [1.82, 2.24) is 4.98 Å². The highest BCUT2D eigenvalue weighted by atomic mass is 16.4. The lowest BCUT2D eigenvalue weighted by Crippen LogP contribution is -2.29. The molecule has 0 amide bonds. The van der Waals surface area contributed by atoms with Gasteiger partial charge in [-0.2, -0.15) is 0 Å². The number of aromatic nitrogens is 1. The fraction of sp³-hybridized carbons (Fsp3) is 0.500. The molecule has 0 aliphatic heterocycles. The molecule has 0 fully saturated rings. The molecule has 17 heavy (non-hydrogen) atoms. The van der Waals surface area contributed by atoms with Gasteiger partial charge in [-0.05, 0) is 32.4 Å². The van der Waals surface area contributed by atoms with E-state index in [1.165, 1.54) is 6.07 Å². The third-order valence-electron chi connectivity index (χ3n) is 2.19. The summed E-state index contributed by atoms with van der Waals surface area (Å²) < 4.78 is 0. The molecule has 0 radical (unpaired) electrons. The van der Waals surface area contributed by atoms with E-state index in [0.29, 0.717) is 24.5 Å². The van der Waals surface area contributed by atoms with Crippen molar-refractivity contribution in [3.8, 4) is 0 Å². The number of nitrogens with one attached hydrogen (secondary N) is 1. The molecule has 1 aromatic heterocycles. The second kappa shape index (κ2) is 5.14. The Morgan fingerprint density at radius 3 is 2.59 bits per heavy atom. The van der Waals surface area contributed by atoms with Crippen molar-refractivity contribution in [2.24, 2.45) is 0 Å². The third kappa shape index (κ3) is 4.40. The maximum absolute atomic E-state index is 10.9. The lowest BCUT2D eigenvalue weighted by Gasteiger charge is -2.18. The van der Waals surface area contributed by atoms with E-state index < -0.39 is 11.6 Å². The third-order valence-corrected chi connectivity index (χ3v) is 2.19. The van der Waals surface area contributed by atoms with Gasteiger partial charge in [-0.25, -0.2) is 9.78 Å². The van der Waals surface area contributed by atoms with Gasteiger partial charge >= 0.3 is 5.97 Å². The van der Waals surface area contributed by atoms with E-state index in [4.69, 9.17) is 5.11 Å². The highest BCUT2D eigenvalue weighted by molar-refractivity contribution is 5.88. The van der Waals surface area contributed by atoms with Gasteiger partial charge in [-0.3, -0.25) is 0 Å². The summed E-state index contributed by atoms with van der Waals surface area (Å²) >= 11 is 0. The minimum atomic E-state index is -0.978. The molecule has 5 heteroatoms. The first-order chi connectivity index (χ1) is 7.81.